The van der Waals surface area contributed by atoms with Crippen molar-refractivity contribution in [3.05, 3.63) is 214 Å². The Balaban J connectivity index is 0.000000343. The van der Waals surface area contributed by atoms with Crippen LogP contribution in [0.2, 0.25) is 0 Å². The molecular formula is C70H86F5N3O16. The van der Waals surface area contributed by atoms with Crippen LogP contribution in [0.25, 0.3) is 0 Å². The standard InChI is InChI=1S/C24H30FNO5.C23H27F2NO5.C15H14F2O2.C8H15NO4/c1-15-7-9-18(10-8-15)24(29,19-11-13-20(25)14-12-19)17(3)30-21(27)16(2)26-22(28)31-23(4,5)6;1-14(26-21(28)31-22(3,4)5)20(27)30-15(2)23(29,16-6-10-18(24)11-7-16)17-8-12-19(25)13-9-17;1-10(18)15(19,11-2-6-13(16)7-3-11)12-4-8-14(17)9-5-12;1-5(6(10)11)9-7(12)13-8(2,3)4/h7-14,16-17,29H,1-6H3,(H,26,28);6-15,29H,1-5H3,(H,26,28);2-10,18-19H,1H3;5H,1-4H3,(H,9,12)(H,10,11)/t16-,17-,24?;14-,15+;10-;5-/m0100/s1. The number of benzene rings is 6. The molecule has 0 fully saturated rings. The zero-order valence-electron chi connectivity index (χ0n) is 55.4. The summed E-state index contributed by atoms with van der Waals surface area (Å²) < 4.78 is 92.2. The number of nitrogens with one attached hydrogen (secondary N) is 3. The number of carboxylic acid groups (broad SMARTS) is 1. The van der Waals surface area contributed by atoms with Crippen molar-refractivity contribution in [1.29, 1.82) is 0 Å². The van der Waals surface area contributed by atoms with Gasteiger partial charge < -0.3 is 65.2 Å². The number of carbonyl (C=O) groups excluding carboxylic acids is 5. The summed E-state index contributed by atoms with van der Waals surface area (Å²) in [4.78, 5) is 70.3. The molecule has 6 aromatic rings. The van der Waals surface area contributed by atoms with Crippen molar-refractivity contribution < 1.29 is 99.9 Å². The SMILES string of the molecule is C[C@H](NC(=O)OC(C)(C)C)C(=O)O.C[C@H](O)C(O)(c1ccc(F)cc1)c1ccc(F)cc1.C[C@H](OC(=O)[C@@H](C)NC(=O)OC(C)(C)C)C(O)(c1ccc(F)cc1)c1ccc(F)cc1.Cc1ccc(C(O)(c2ccc(F)cc2)[C@H](C)OC(=O)[C@H](C)NC(=O)OC(C)(C)C)cc1. The number of halogens is 5. The number of hydrogen-bond acceptors (Lipinski definition) is 15. The molecule has 1 unspecified atom stereocenters. The Labute approximate surface area is 544 Å². The molecule has 0 saturated carbocycles. The smallest absolute Gasteiger partial charge is 0.408 e. The quantitative estimate of drug-likeness (QED) is 0.0239. The number of carboxylic acids is 1. The molecule has 0 radical (unpaired) electrons. The molecule has 7 atom stereocenters. The summed E-state index contributed by atoms with van der Waals surface area (Å²) in [6, 6.07) is 29.9. The number of aliphatic carboxylic acids is 1. The van der Waals surface area contributed by atoms with E-state index in [4.69, 9.17) is 28.8 Å². The number of rotatable bonds is 17. The molecule has 94 heavy (non-hydrogen) atoms. The van der Waals surface area contributed by atoms with Gasteiger partial charge in [0.15, 0.2) is 11.2 Å². The number of aryl methyl sites for hydroxylation is 1. The normalized spacial score (nSPS) is 14.1. The van der Waals surface area contributed by atoms with Gasteiger partial charge in [0.05, 0.1) is 6.10 Å². The number of ether oxygens (including phenoxy) is 5. The van der Waals surface area contributed by atoms with Crippen LogP contribution in [-0.2, 0) is 54.9 Å². The number of aliphatic hydroxyl groups is 4. The summed E-state index contributed by atoms with van der Waals surface area (Å²) in [5.74, 6) is -4.99. The van der Waals surface area contributed by atoms with Crippen molar-refractivity contribution in [3.63, 3.8) is 0 Å². The minimum absolute atomic E-state index is 0.244. The van der Waals surface area contributed by atoms with E-state index in [0.717, 1.165) is 29.8 Å². The molecule has 0 heterocycles. The van der Waals surface area contributed by atoms with Gasteiger partial charge in [0.1, 0.15) is 81.8 Å². The zero-order valence-corrected chi connectivity index (χ0v) is 55.4. The van der Waals surface area contributed by atoms with Crippen LogP contribution >= 0.6 is 0 Å². The Morgan fingerprint density at radius 2 is 0.564 bits per heavy atom. The Morgan fingerprint density at radius 1 is 0.362 bits per heavy atom. The van der Waals surface area contributed by atoms with Gasteiger partial charge in [0.2, 0.25) is 0 Å². The lowest BCUT2D eigenvalue weighted by molar-refractivity contribution is -0.162. The van der Waals surface area contributed by atoms with Crippen LogP contribution in [0.4, 0.5) is 36.3 Å². The molecule has 0 saturated heterocycles. The summed E-state index contributed by atoms with van der Waals surface area (Å²) in [5.41, 5.74) is -4.39. The molecule has 0 spiro atoms. The lowest BCUT2D eigenvalue weighted by atomic mass is 9.82. The fraction of sp³-hybridized carbons (Fsp3) is 0.400. The largest absolute Gasteiger partial charge is 0.480 e. The average Bonchev–Trinajstić information content (AvgIpc) is 0.790. The van der Waals surface area contributed by atoms with E-state index < -0.39 is 135 Å². The Bertz CT molecular complexity index is 3140. The summed E-state index contributed by atoms with van der Waals surface area (Å²) in [6.07, 6.45) is -5.62. The molecule has 6 aromatic carbocycles. The van der Waals surface area contributed by atoms with Crippen LogP contribution < -0.4 is 16.0 Å². The van der Waals surface area contributed by atoms with Crippen LogP contribution in [0.15, 0.2) is 146 Å². The first-order valence-corrected chi connectivity index (χ1v) is 29.7. The first-order valence-electron chi connectivity index (χ1n) is 29.7. The number of carbonyl (C=O) groups is 6. The second kappa shape index (κ2) is 33.7. The number of amides is 3. The van der Waals surface area contributed by atoms with Gasteiger partial charge >= 0.3 is 36.2 Å². The molecule has 0 aromatic heterocycles. The predicted molar refractivity (Wildman–Crippen MR) is 339 cm³/mol. The van der Waals surface area contributed by atoms with Gasteiger partial charge in [-0.3, -0.25) is 4.79 Å². The monoisotopic (exact) mass is 1320 g/mol. The van der Waals surface area contributed by atoms with Gasteiger partial charge in [0, 0.05) is 0 Å². The number of esters is 2. The topological polar surface area (TPSA) is 286 Å². The highest BCUT2D eigenvalue weighted by molar-refractivity contribution is 5.82. The molecule has 8 N–H and O–H groups in total. The molecule has 0 aliphatic rings. The maximum absolute atomic E-state index is 13.5. The summed E-state index contributed by atoms with van der Waals surface area (Å²) in [5, 5.41) is 59.2. The van der Waals surface area contributed by atoms with Crippen molar-refractivity contribution in [2.24, 2.45) is 0 Å². The van der Waals surface area contributed by atoms with Crippen molar-refractivity contribution in [2.75, 3.05) is 0 Å². The predicted octanol–water partition coefficient (Wildman–Crippen LogP) is 11.8. The van der Waals surface area contributed by atoms with E-state index in [0.29, 0.717) is 22.3 Å². The third-order valence-corrected chi connectivity index (χ3v) is 13.6. The molecule has 0 aliphatic heterocycles. The van der Waals surface area contributed by atoms with Crippen molar-refractivity contribution in [3.8, 4) is 0 Å². The van der Waals surface area contributed by atoms with E-state index in [1.54, 1.807) is 81.4 Å². The van der Waals surface area contributed by atoms with Crippen LogP contribution in [0.5, 0.6) is 0 Å². The second-order valence-electron chi connectivity index (χ2n) is 25.0. The summed E-state index contributed by atoms with van der Waals surface area (Å²) in [7, 11) is 0. The van der Waals surface area contributed by atoms with Gasteiger partial charge in [-0.15, -0.1) is 0 Å². The summed E-state index contributed by atoms with van der Waals surface area (Å²) in [6.45, 7) is 25.9. The Morgan fingerprint density at radius 3 is 0.766 bits per heavy atom. The molecular weight excluding hydrogens is 1230 g/mol. The maximum atomic E-state index is 13.5. The van der Waals surface area contributed by atoms with Crippen LogP contribution in [0, 0.1) is 36.0 Å². The average molecular weight is 1320 g/mol. The Hall–Kier alpha value is -8.97. The van der Waals surface area contributed by atoms with E-state index in [9.17, 15) is 71.1 Å². The lowest BCUT2D eigenvalue weighted by Crippen LogP contribution is -2.47. The fourth-order valence-electron chi connectivity index (χ4n) is 8.60. The molecule has 512 valence electrons. The first-order chi connectivity index (χ1) is 43.3. The van der Waals surface area contributed by atoms with Gasteiger partial charge in [-0.05, 0) is 205 Å². The highest BCUT2D eigenvalue weighted by atomic mass is 19.1. The molecule has 3 amide bonds. The van der Waals surface area contributed by atoms with E-state index >= 15 is 0 Å². The number of hydrogen-bond donors (Lipinski definition) is 8. The lowest BCUT2D eigenvalue weighted by Gasteiger charge is -2.35. The molecule has 0 bridgehead atoms. The van der Waals surface area contributed by atoms with Crippen molar-refractivity contribution in [2.45, 2.75) is 181 Å². The number of alkyl carbamates (subject to hydrolysis) is 3. The van der Waals surface area contributed by atoms with Gasteiger partial charge in [0.25, 0.3) is 0 Å². The molecule has 19 nitrogen and oxygen atoms in total. The minimum Gasteiger partial charge on any atom is -0.480 e. The van der Waals surface area contributed by atoms with Crippen molar-refractivity contribution >= 4 is 36.2 Å². The van der Waals surface area contributed by atoms with E-state index in [2.05, 4.69) is 16.0 Å². The molecule has 0 aliphatic carbocycles. The maximum Gasteiger partial charge on any atom is 0.408 e. The highest BCUT2D eigenvalue weighted by Gasteiger charge is 2.43. The van der Waals surface area contributed by atoms with Crippen molar-refractivity contribution in [1.82, 2.24) is 16.0 Å². The molecule has 6 rings (SSSR count). The van der Waals surface area contributed by atoms with E-state index in [1.165, 1.54) is 132 Å². The minimum atomic E-state index is -1.90. The molecule has 24 heteroatoms. The highest BCUT2D eigenvalue weighted by Crippen LogP contribution is 2.38. The Kier molecular flexibility index (Phi) is 28.5. The second-order valence-corrected chi connectivity index (χ2v) is 25.0. The van der Waals surface area contributed by atoms with Gasteiger partial charge in [-0.1, -0.05) is 90.5 Å². The third-order valence-electron chi connectivity index (χ3n) is 13.6. The number of aliphatic hydroxyl groups excluding tert-OH is 1. The zero-order chi connectivity index (χ0) is 71.5. The van der Waals surface area contributed by atoms with Crippen LogP contribution in [0.3, 0.4) is 0 Å². The fourth-order valence-corrected chi connectivity index (χ4v) is 8.60. The summed E-state index contributed by atoms with van der Waals surface area (Å²) >= 11 is 0. The van der Waals surface area contributed by atoms with Crippen LogP contribution in [0.1, 0.15) is 143 Å². The first kappa shape index (κ1) is 79.3. The van der Waals surface area contributed by atoms with E-state index in [-0.39, 0.29) is 11.1 Å². The van der Waals surface area contributed by atoms with E-state index in [1.807, 2.05) is 19.1 Å². The third kappa shape index (κ3) is 24.2. The van der Waals surface area contributed by atoms with Crippen LogP contribution in [-0.4, -0.2) is 115 Å². The van der Waals surface area contributed by atoms with Gasteiger partial charge in [-0.2, -0.15) is 0 Å². The van der Waals surface area contributed by atoms with Gasteiger partial charge in [-0.25, -0.2) is 45.9 Å².